The lowest BCUT2D eigenvalue weighted by molar-refractivity contribution is -0.0216. The van der Waals surface area contributed by atoms with Crippen molar-refractivity contribution < 1.29 is 22.3 Å². The number of hydrogen-bond acceptors (Lipinski definition) is 5. The average molecular weight is 429 g/mol. The van der Waals surface area contributed by atoms with Crippen LogP contribution in [0.2, 0.25) is 0 Å². The van der Waals surface area contributed by atoms with E-state index < -0.39 is 31.3 Å². The minimum Gasteiger partial charge on any atom is -0.493 e. The lowest BCUT2D eigenvalue weighted by atomic mass is 9.97. The highest BCUT2D eigenvalue weighted by Gasteiger charge is 2.48. The van der Waals surface area contributed by atoms with Crippen molar-refractivity contribution in [1.82, 2.24) is 5.32 Å². The van der Waals surface area contributed by atoms with Gasteiger partial charge >= 0.3 is 0 Å². The summed E-state index contributed by atoms with van der Waals surface area (Å²) in [6, 6.07) is 4.21. The van der Waals surface area contributed by atoms with Crippen LogP contribution in [-0.4, -0.2) is 44.4 Å². The predicted octanol–water partition coefficient (Wildman–Crippen LogP) is 3.86. The molecule has 0 spiro atoms. The van der Waals surface area contributed by atoms with Gasteiger partial charge in [-0.15, -0.1) is 0 Å². The normalized spacial score (nSPS) is 24.0. The van der Waals surface area contributed by atoms with E-state index in [0.29, 0.717) is 25.5 Å². The molecule has 1 fully saturated rings. The summed E-state index contributed by atoms with van der Waals surface area (Å²) < 4.78 is 52.2. The number of sulfone groups is 1. The molecule has 0 aromatic heterocycles. The molecule has 2 rings (SSSR count). The molecule has 1 atom stereocenters. The minimum absolute atomic E-state index is 0.0457. The largest absolute Gasteiger partial charge is 0.493 e. The molecule has 1 aliphatic heterocycles. The highest BCUT2D eigenvalue weighted by molar-refractivity contribution is 7.93. The van der Waals surface area contributed by atoms with Crippen molar-refractivity contribution in [1.29, 1.82) is 5.41 Å². The number of hydrogen-bond donors (Lipinski definition) is 2. The van der Waals surface area contributed by atoms with Crippen LogP contribution in [0.4, 0.5) is 4.39 Å². The molecule has 1 heterocycles. The van der Waals surface area contributed by atoms with Crippen LogP contribution in [0.1, 0.15) is 58.8 Å². The van der Waals surface area contributed by atoms with E-state index in [9.17, 15) is 12.8 Å². The molecule has 1 aromatic rings. The maximum atomic E-state index is 14.9. The Bertz CT molecular complexity index is 850. The van der Waals surface area contributed by atoms with Gasteiger partial charge in [0.1, 0.15) is 22.1 Å². The number of benzene rings is 1. The molecular formula is C21H33FN2O4S. The van der Waals surface area contributed by atoms with Gasteiger partial charge in [-0.1, -0.05) is 13.8 Å². The fourth-order valence-electron chi connectivity index (χ4n) is 3.23. The van der Waals surface area contributed by atoms with Gasteiger partial charge in [-0.3, -0.25) is 5.41 Å². The predicted molar refractivity (Wildman–Crippen MR) is 113 cm³/mol. The molecule has 0 radical (unpaired) electrons. The van der Waals surface area contributed by atoms with Crippen molar-refractivity contribution in [2.75, 3.05) is 19.8 Å². The van der Waals surface area contributed by atoms with Crippen LogP contribution in [0.15, 0.2) is 18.2 Å². The van der Waals surface area contributed by atoms with Gasteiger partial charge in [-0.2, -0.15) is 0 Å². The van der Waals surface area contributed by atoms with E-state index in [0.717, 1.165) is 0 Å². The standard InChI is InChI=1S/C21H33FN2O4S/c1-14(2)13-27-15-7-8-17(22)16(11-15)18-12-20(3,4)28-10-9-24-19(23)21(5,6)29(18,25)26/h7-8,11,14,18H,9-10,12-13H2,1-6H3,(H2,23,24)/t18-/m1/s1. The Morgan fingerprint density at radius 3 is 2.59 bits per heavy atom. The molecule has 0 saturated carbocycles. The fraction of sp³-hybridized carbons (Fsp3) is 0.667. The second-order valence-electron chi connectivity index (χ2n) is 9.05. The first-order valence-corrected chi connectivity index (χ1v) is 11.4. The summed E-state index contributed by atoms with van der Waals surface area (Å²) in [7, 11) is -4.01. The molecule has 0 unspecified atom stereocenters. The topological polar surface area (TPSA) is 88.5 Å². The Morgan fingerprint density at radius 2 is 1.97 bits per heavy atom. The van der Waals surface area contributed by atoms with Crippen LogP contribution >= 0.6 is 0 Å². The molecule has 0 amide bonds. The van der Waals surface area contributed by atoms with Crippen molar-refractivity contribution in [3.63, 3.8) is 0 Å². The Balaban J connectivity index is 2.59. The van der Waals surface area contributed by atoms with E-state index in [2.05, 4.69) is 5.32 Å². The van der Waals surface area contributed by atoms with Crippen LogP contribution in [0.3, 0.4) is 0 Å². The molecular weight excluding hydrogens is 395 g/mol. The number of halogens is 1. The summed E-state index contributed by atoms with van der Waals surface area (Å²) in [5.41, 5.74) is -0.750. The summed E-state index contributed by atoms with van der Waals surface area (Å²) in [6.07, 6.45) is 0.0661. The van der Waals surface area contributed by atoms with Gasteiger partial charge in [0.05, 0.1) is 24.1 Å². The smallest absolute Gasteiger partial charge is 0.169 e. The maximum absolute atomic E-state index is 14.9. The molecule has 6 nitrogen and oxygen atoms in total. The van der Waals surface area contributed by atoms with Gasteiger partial charge in [-0.05, 0) is 58.2 Å². The van der Waals surface area contributed by atoms with E-state index in [1.54, 1.807) is 13.8 Å². The first-order valence-electron chi connectivity index (χ1n) is 9.90. The van der Waals surface area contributed by atoms with Gasteiger partial charge in [0.15, 0.2) is 9.84 Å². The molecule has 29 heavy (non-hydrogen) atoms. The molecule has 8 heteroatoms. The Kier molecular flexibility index (Phi) is 7.00. The molecule has 1 aromatic carbocycles. The summed E-state index contributed by atoms with van der Waals surface area (Å²) in [6.45, 7) is 11.6. The fourth-order valence-corrected chi connectivity index (χ4v) is 5.43. The lowest BCUT2D eigenvalue weighted by Gasteiger charge is -2.37. The number of nitrogens with one attached hydrogen (secondary N) is 2. The number of amidine groups is 1. The minimum atomic E-state index is -4.01. The van der Waals surface area contributed by atoms with Crippen molar-refractivity contribution in [3.8, 4) is 5.75 Å². The van der Waals surface area contributed by atoms with Crippen LogP contribution in [-0.2, 0) is 14.6 Å². The summed E-state index contributed by atoms with van der Waals surface area (Å²) in [4.78, 5) is 0. The number of ether oxygens (including phenoxy) is 2. The highest BCUT2D eigenvalue weighted by atomic mass is 32.2. The van der Waals surface area contributed by atoms with Crippen LogP contribution in [0, 0.1) is 17.1 Å². The quantitative estimate of drug-likeness (QED) is 0.760. The molecule has 164 valence electrons. The average Bonchev–Trinajstić information content (AvgIpc) is 2.61. The summed E-state index contributed by atoms with van der Waals surface area (Å²) in [5, 5.41) is 9.89. The van der Waals surface area contributed by atoms with E-state index >= 15 is 0 Å². The van der Waals surface area contributed by atoms with Crippen LogP contribution in [0.25, 0.3) is 0 Å². The van der Waals surface area contributed by atoms with E-state index in [4.69, 9.17) is 14.9 Å². The van der Waals surface area contributed by atoms with Crippen molar-refractivity contribution in [3.05, 3.63) is 29.6 Å². The third-order valence-electron chi connectivity index (χ3n) is 5.16. The van der Waals surface area contributed by atoms with Crippen LogP contribution in [0.5, 0.6) is 5.75 Å². The van der Waals surface area contributed by atoms with Gasteiger partial charge in [0.25, 0.3) is 0 Å². The molecule has 0 bridgehead atoms. The summed E-state index contributed by atoms with van der Waals surface area (Å²) >= 11 is 0. The highest BCUT2D eigenvalue weighted by Crippen LogP contribution is 2.41. The number of rotatable bonds is 4. The van der Waals surface area contributed by atoms with E-state index in [-0.39, 0.29) is 23.7 Å². The third kappa shape index (κ3) is 5.28. The monoisotopic (exact) mass is 428 g/mol. The second-order valence-corrected chi connectivity index (χ2v) is 11.7. The maximum Gasteiger partial charge on any atom is 0.169 e. The SMILES string of the molecule is CC(C)COc1ccc(F)c([C@H]2CC(C)(C)OCCNC(=N)C(C)(C)S2(=O)=O)c1. The van der Waals surface area contributed by atoms with Gasteiger partial charge in [0, 0.05) is 12.1 Å². The zero-order valence-corrected chi connectivity index (χ0v) is 19.0. The zero-order chi connectivity index (χ0) is 22.0. The van der Waals surface area contributed by atoms with E-state index in [1.807, 2.05) is 13.8 Å². The van der Waals surface area contributed by atoms with Gasteiger partial charge < -0.3 is 14.8 Å². The Labute approximate surface area is 173 Å². The van der Waals surface area contributed by atoms with E-state index in [1.165, 1.54) is 32.0 Å². The molecule has 1 aliphatic rings. The second kappa shape index (κ2) is 8.60. The van der Waals surface area contributed by atoms with Crippen molar-refractivity contribution in [2.45, 2.75) is 63.6 Å². The Morgan fingerprint density at radius 1 is 1.31 bits per heavy atom. The molecule has 0 aliphatic carbocycles. The Hall–Kier alpha value is -1.67. The van der Waals surface area contributed by atoms with Gasteiger partial charge in [-0.25, -0.2) is 12.8 Å². The van der Waals surface area contributed by atoms with Crippen LogP contribution < -0.4 is 10.1 Å². The lowest BCUT2D eigenvalue weighted by Crippen LogP contribution is -2.52. The summed E-state index contributed by atoms with van der Waals surface area (Å²) in [5.74, 6) is -0.0390. The van der Waals surface area contributed by atoms with Crippen molar-refractivity contribution >= 4 is 15.7 Å². The first kappa shape index (κ1) is 23.6. The van der Waals surface area contributed by atoms with Crippen molar-refractivity contribution in [2.24, 2.45) is 5.92 Å². The van der Waals surface area contributed by atoms with Gasteiger partial charge in [0.2, 0.25) is 0 Å². The third-order valence-corrected chi connectivity index (χ3v) is 7.96. The molecule has 1 saturated heterocycles. The molecule has 2 N–H and O–H groups in total. The zero-order valence-electron chi connectivity index (χ0n) is 18.1. The first-order chi connectivity index (χ1) is 13.3.